The van der Waals surface area contributed by atoms with Crippen LogP contribution < -0.4 is 5.73 Å². The van der Waals surface area contributed by atoms with E-state index in [-0.39, 0.29) is 16.8 Å². The van der Waals surface area contributed by atoms with Gasteiger partial charge >= 0.3 is 11.9 Å². The van der Waals surface area contributed by atoms with Crippen molar-refractivity contribution in [3.05, 3.63) is 82.9 Å². The summed E-state index contributed by atoms with van der Waals surface area (Å²) in [7, 11) is 2.48. The van der Waals surface area contributed by atoms with Crippen LogP contribution in [-0.2, 0) is 19.1 Å². The number of benzene rings is 2. The SMILES string of the molecule is COC(=O)C(=C(\N)c1ccccc1)/C(=C\c1ccccc1)C(=O)OC. The van der Waals surface area contributed by atoms with E-state index in [2.05, 4.69) is 0 Å². The number of esters is 2. The third-order valence-corrected chi connectivity index (χ3v) is 3.53. The van der Waals surface area contributed by atoms with Gasteiger partial charge in [-0.15, -0.1) is 0 Å². The van der Waals surface area contributed by atoms with Gasteiger partial charge in [0, 0.05) is 0 Å². The van der Waals surface area contributed by atoms with Crippen molar-refractivity contribution in [3.8, 4) is 0 Å². The molecule has 5 heteroatoms. The maximum Gasteiger partial charge on any atom is 0.340 e. The quantitative estimate of drug-likeness (QED) is 0.516. The van der Waals surface area contributed by atoms with Gasteiger partial charge in [0.25, 0.3) is 0 Å². The number of carbonyl (C=O) groups is 2. The van der Waals surface area contributed by atoms with Gasteiger partial charge in [0.05, 0.1) is 31.1 Å². The van der Waals surface area contributed by atoms with Crippen molar-refractivity contribution in [1.29, 1.82) is 0 Å². The van der Waals surface area contributed by atoms with Gasteiger partial charge in [-0.1, -0.05) is 60.7 Å². The lowest BCUT2D eigenvalue weighted by Gasteiger charge is -2.13. The molecule has 0 aliphatic rings. The van der Waals surface area contributed by atoms with Crippen LogP contribution in [0, 0.1) is 0 Å². The molecule has 0 bridgehead atoms. The van der Waals surface area contributed by atoms with E-state index in [1.807, 2.05) is 24.3 Å². The molecule has 0 spiro atoms. The Bertz CT molecular complexity index is 808. The number of hydrogen-bond donors (Lipinski definition) is 1. The smallest absolute Gasteiger partial charge is 0.340 e. The lowest BCUT2D eigenvalue weighted by Crippen LogP contribution is -2.19. The predicted octanol–water partition coefficient (Wildman–Crippen LogP) is 2.79. The summed E-state index contributed by atoms with van der Waals surface area (Å²) in [5.41, 5.74) is 7.65. The molecule has 0 amide bonds. The van der Waals surface area contributed by atoms with Crippen molar-refractivity contribution < 1.29 is 19.1 Å². The maximum absolute atomic E-state index is 12.4. The first-order chi connectivity index (χ1) is 12.1. The zero-order valence-corrected chi connectivity index (χ0v) is 14.1. The van der Waals surface area contributed by atoms with Crippen LogP contribution in [0.3, 0.4) is 0 Å². The number of carbonyl (C=O) groups excluding carboxylic acids is 2. The van der Waals surface area contributed by atoms with Crippen molar-refractivity contribution in [3.63, 3.8) is 0 Å². The number of ether oxygens (including phenoxy) is 2. The second-order valence-electron chi connectivity index (χ2n) is 5.11. The Morgan fingerprint density at radius 1 is 0.840 bits per heavy atom. The molecule has 2 N–H and O–H groups in total. The minimum atomic E-state index is -0.714. The van der Waals surface area contributed by atoms with Crippen LogP contribution in [0.15, 0.2) is 71.8 Å². The number of hydrogen-bond acceptors (Lipinski definition) is 5. The highest BCUT2D eigenvalue weighted by molar-refractivity contribution is 6.14. The Hall–Kier alpha value is -3.34. The van der Waals surface area contributed by atoms with Crippen molar-refractivity contribution in [2.45, 2.75) is 0 Å². The summed E-state index contributed by atoms with van der Waals surface area (Å²) < 4.78 is 9.68. The van der Waals surface area contributed by atoms with Crippen LogP contribution in [-0.4, -0.2) is 26.2 Å². The zero-order chi connectivity index (χ0) is 18.2. The van der Waals surface area contributed by atoms with Crippen LogP contribution in [0.2, 0.25) is 0 Å². The van der Waals surface area contributed by atoms with E-state index < -0.39 is 11.9 Å². The highest BCUT2D eigenvalue weighted by Crippen LogP contribution is 2.24. The largest absolute Gasteiger partial charge is 0.465 e. The molecule has 0 saturated heterocycles. The average Bonchev–Trinajstić information content (AvgIpc) is 2.67. The van der Waals surface area contributed by atoms with E-state index in [0.29, 0.717) is 5.56 Å². The number of nitrogens with two attached hydrogens (primary N) is 1. The fourth-order valence-corrected chi connectivity index (χ4v) is 2.29. The fourth-order valence-electron chi connectivity index (χ4n) is 2.29. The Balaban J connectivity index is 2.69. The summed E-state index contributed by atoms with van der Waals surface area (Å²) in [4.78, 5) is 24.7. The molecule has 0 heterocycles. The Kier molecular flexibility index (Phi) is 6.12. The van der Waals surface area contributed by atoms with E-state index in [9.17, 15) is 9.59 Å². The molecule has 25 heavy (non-hydrogen) atoms. The lowest BCUT2D eigenvalue weighted by atomic mass is 9.97. The highest BCUT2D eigenvalue weighted by Gasteiger charge is 2.26. The van der Waals surface area contributed by atoms with Crippen LogP contribution >= 0.6 is 0 Å². The molecule has 5 nitrogen and oxygen atoms in total. The summed E-state index contributed by atoms with van der Waals surface area (Å²) in [5.74, 6) is -1.39. The van der Waals surface area contributed by atoms with Gasteiger partial charge in [0.15, 0.2) is 0 Å². The molecule has 0 aromatic heterocycles. The highest BCUT2D eigenvalue weighted by atomic mass is 16.5. The number of rotatable bonds is 5. The Morgan fingerprint density at radius 2 is 1.36 bits per heavy atom. The van der Waals surface area contributed by atoms with E-state index >= 15 is 0 Å². The second kappa shape index (κ2) is 8.49. The summed E-state index contributed by atoms with van der Waals surface area (Å²) in [6.45, 7) is 0. The third-order valence-electron chi connectivity index (χ3n) is 3.53. The zero-order valence-electron chi connectivity index (χ0n) is 14.1. The topological polar surface area (TPSA) is 78.6 Å². The van der Waals surface area contributed by atoms with Crippen LogP contribution in [0.25, 0.3) is 11.8 Å². The molecule has 2 aromatic rings. The minimum Gasteiger partial charge on any atom is -0.465 e. The van der Waals surface area contributed by atoms with Crippen LogP contribution in [0.1, 0.15) is 11.1 Å². The second-order valence-corrected chi connectivity index (χ2v) is 5.11. The molecule has 128 valence electrons. The van der Waals surface area contributed by atoms with Gasteiger partial charge < -0.3 is 15.2 Å². The molecule has 0 aliphatic heterocycles. The molecule has 0 atom stereocenters. The third kappa shape index (κ3) is 4.35. The number of methoxy groups -OCH3 is 2. The molecule has 0 aliphatic carbocycles. The van der Waals surface area contributed by atoms with Crippen LogP contribution in [0.5, 0.6) is 0 Å². The molecule has 0 radical (unpaired) electrons. The van der Waals surface area contributed by atoms with Crippen molar-refractivity contribution >= 4 is 23.7 Å². The van der Waals surface area contributed by atoms with E-state index in [1.54, 1.807) is 42.5 Å². The van der Waals surface area contributed by atoms with Crippen LogP contribution in [0.4, 0.5) is 0 Å². The molecule has 0 saturated carbocycles. The van der Waals surface area contributed by atoms with Gasteiger partial charge in [0.1, 0.15) is 0 Å². The lowest BCUT2D eigenvalue weighted by molar-refractivity contribution is -0.139. The molecule has 2 rings (SSSR count). The predicted molar refractivity (Wildman–Crippen MR) is 96.0 cm³/mol. The summed E-state index contributed by atoms with van der Waals surface area (Å²) in [6, 6.07) is 18.0. The first kappa shape index (κ1) is 18.0. The Morgan fingerprint density at radius 3 is 1.88 bits per heavy atom. The molecular formula is C20H19NO4. The normalized spacial score (nSPS) is 12.2. The first-order valence-corrected chi connectivity index (χ1v) is 7.57. The fraction of sp³-hybridized carbons (Fsp3) is 0.100. The monoisotopic (exact) mass is 337 g/mol. The maximum atomic E-state index is 12.4. The van der Waals surface area contributed by atoms with Crippen molar-refractivity contribution in [2.75, 3.05) is 14.2 Å². The summed E-state index contributed by atoms with van der Waals surface area (Å²) in [6.07, 6.45) is 1.55. The summed E-state index contributed by atoms with van der Waals surface area (Å²) >= 11 is 0. The molecule has 0 unspecified atom stereocenters. The standard InChI is InChI=1S/C20H19NO4/c1-24-19(22)16(13-14-9-5-3-6-10-14)17(20(23)25-2)18(21)15-11-7-4-8-12-15/h3-13H,21H2,1-2H3/b16-13+,18-17-. The molecule has 0 fully saturated rings. The van der Waals surface area contributed by atoms with Gasteiger partial charge in [-0.05, 0) is 17.2 Å². The van der Waals surface area contributed by atoms with E-state index in [0.717, 1.165) is 5.56 Å². The van der Waals surface area contributed by atoms with Gasteiger partial charge in [0.2, 0.25) is 0 Å². The van der Waals surface area contributed by atoms with Gasteiger partial charge in [-0.3, -0.25) is 0 Å². The molecule has 2 aromatic carbocycles. The van der Waals surface area contributed by atoms with Crippen molar-refractivity contribution in [1.82, 2.24) is 0 Å². The molecular weight excluding hydrogens is 318 g/mol. The first-order valence-electron chi connectivity index (χ1n) is 7.57. The summed E-state index contributed by atoms with van der Waals surface area (Å²) in [5, 5.41) is 0. The van der Waals surface area contributed by atoms with Crippen molar-refractivity contribution in [2.24, 2.45) is 5.73 Å². The van der Waals surface area contributed by atoms with Gasteiger partial charge in [-0.2, -0.15) is 0 Å². The van der Waals surface area contributed by atoms with E-state index in [4.69, 9.17) is 15.2 Å². The van der Waals surface area contributed by atoms with E-state index in [1.165, 1.54) is 14.2 Å². The Labute approximate surface area is 146 Å². The minimum absolute atomic E-state index is 0.0295. The van der Waals surface area contributed by atoms with Gasteiger partial charge in [-0.25, -0.2) is 9.59 Å². The average molecular weight is 337 g/mol.